The van der Waals surface area contributed by atoms with Crippen LogP contribution in [0.4, 0.5) is 33.3 Å². The molecule has 0 fully saturated rings. The Bertz CT molecular complexity index is 413. The van der Waals surface area contributed by atoms with Crippen LogP contribution in [0.5, 0.6) is 5.75 Å². The number of nitrogen functional groups attached to an aromatic ring is 1. The van der Waals surface area contributed by atoms with E-state index in [1.165, 1.54) is 7.05 Å². The van der Waals surface area contributed by atoms with Crippen LogP contribution in [-0.2, 0) is 0 Å². The molecule has 0 saturated heterocycles. The van der Waals surface area contributed by atoms with E-state index in [1.807, 2.05) is 0 Å². The molecule has 0 aliphatic heterocycles. The lowest BCUT2D eigenvalue weighted by molar-refractivity contribution is -0.0521. The molecule has 3 nitrogen and oxygen atoms in total. The van der Waals surface area contributed by atoms with Gasteiger partial charge < -0.3 is 15.4 Å². The molecule has 1 aromatic rings. The van der Waals surface area contributed by atoms with E-state index in [2.05, 4.69) is 4.74 Å². The molecule has 0 bridgehead atoms. The lowest BCUT2D eigenvalue weighted by Crippen LogP contribution is -2.25. The van der Waals surface area contributed by atoms with E-state index in [0.29, 0.717) is 0 Å². The third kappa shape index (κ3) is 3.64. The number of hydrogen-bond donors (Lipinski definition) is 1. The van der Waals surface area contributed by atoms with Gasteiger partial charge in [0.2, 0.25) is 0 Å². The number of alkyl halides is 4. The van der Waals surface area contributed by atoms with Crippen molar-refractivity contribution in [3.8, 4) is 5.75 Å². The Hall–Kier alpha value is -1.73. The Balaban J connectivity index is 3.04. The molecule has 1 rings (SSSR count). The van der Waals surface area contributed by atoms with Crippen LogP contribution < -0.4 is 15.4 Å². The smallest absolute Gasteiger partial charge is 0.387 e. The molecule has 8 heteroatoms. The predicted octanol–water partition coefficient (Wildman–Crippen LogP) is 2.71. The summed E-state index contributed by atoms with van der Waals surface area (Å²) >= 11 is 0. The van der Waals surface area contributed by atoms with Crippen molar-refractivity contribution >= 4 is 11.4 Å². The summed E-state index contributed by atoms with van der Waals surface area (Å²) in [4.78, 5) is 1.03. The average Bonchev–Trinajstić information content (AvgIpc) is 2.20. The zero-order valence-electron chi connectivity index (χ0n) is 9.34. The van der Waals surface area contributed by atoms with Crippen LogP contribution in [0.15, 0.2) is 12.1 Å². The Morgan fingerprint density at radius 1 is 1.28 bits per heavy atom. The van der Waals surface area contributed by atoms with Crippen molar-refractivity contribution in [3.63, 3.8) is 0 Å². The van der Waals surface area contributed by atoms with Gasteiger partial charge in [0.1, 0.15) is 0 Å². The molecule has 0 spiro atoms. The topological polar surface area (TPSA) is 38.5 Å². The first-order chi connectivity index (χ1) is 8.31. The second kappa shape index (κ2) is 5.74. The van der Waals surface area contributed by atoms with Gasteiger partial charge in [-0.15, -0.1) is 0 Å². The van der Waals surface area contributed by atoms with Gasteiger partial charge >= 0.3 is 6.61 Å². The lowest BCUT2D eigenvalue weighted by atomic mass is 10.2. The van der Waals surface area contributed by atoms with Crippen LogP contribution in [0, 0.1) is 5.82 Å². The minimum absolute atomic E-state index is 0.00708. The van der Waals surface area contributed by atoms with E-state index in [9.17, 15) is 22.0 Å². The first-order valence-electron chi connectivity index (χ1n) is 4.84. The van der Waals surface area contributed by atoms with Crippen LogP contribution in [0.25, 0.3) is 0 Å². The van der Waals surface area contributed by atoms with Gasteiger partial charge in [0.05, 0.1) is 17.9 Å². The van der Waals surface area contributed by atoms with E-state index in [1.54, 1.807) is 0 Å². The maximum absolute atomic E-state index is 13.2. The number of anilines is 2. The van der Waals surface area contributed by atoms with Gasteiger partial charge in [-0.25, -0.2) is 13.2 Å². The molecule has 2 N–H and O–H groups in total. The molecular weight excluding hydrogens is 259 g/mol. The van der Waals surface area contributed by atoms with Gasteiger partial charge in [-0.2, -0.15) is 8.78 Å². The van der Waals surface area contributed by atoms with Crippen LogP contribution in [0.3, 0.4) is 0 Å². The van der Waals surface area contributed by atoms with Crippen LogP contribution >= 0.6 is 0 Å². The molecular formula is C10H11F5N2O. The van der Waals surface area contributed by atoms with Crippen molar-refractivity contribution in [2.75, 3.05) is 24.2 Å². The molecule has 0 radical (unpaired) electrons. The number of rotatable bonds is 5. The summed E-state index contributed by atoms with van der Waals surface area (Å²) < 4.78 is 65.5. The number of halogens is 5. The standard InChI is InChI=1S/C10H11F5N2O/c1-17(4-9(12)13)7-3-8(18-10(14)15)5(11)2-6(7)16/h2-3,9-10H,4,16H2,1H3. The van der Waals surface area contributed by atoms with Gasteiger partial charge in [-0.3, -0.25) is 0 Å². The van der Waals surface area contributed by atoms with Gasteiger partial charge in [-0.1, -0.05) is 0 Å². The second-order valence-electron chi connectivity index (χ2n) is 3.49. The maximum Gasteiger partial charge on any atom is 0.387 e. The monoisotopic (exact) mass is 270 g/mol. The third-order valence-electron chi connectivity index (χ3n) is 2.12. The minimum atomic E-state index is -3.21. The Labute approximate surface area is 99.9 Å². The summed E-state index contributed by atoms with van der Waals surface area (Å²) in [5, 5.41) is 0. The number of nitrogens with zero attached hydrogens (tertiary/aromatic N) is 1. The first kappa shape index (κ1) is 14.3. The van der Waals surface area contributed by atoms with Crippen molar-refractivity contribution in [2.24, 2.45) is 0 Å². The summed E-state index contributed by atoms with van der Waals surface area (Å²) in [6, 6.07) is 1.61. The molecule has 18 heavy (non-hydrogen) atoms. The highest BCUT2D eigenvalue weighted by Gasteiger charge is 2.17. The van der Waals surface area contributed by atoms with Crippen LogP contribution in [0.1, 0.15) is 0 Å². The molecule has 102 valence electrons. The number of nitrogens with two attached hydrogens (primary N) is 1. The van der Waals surface area contributed by atoms with E-state index in [-0.39, 0.29) is 11.4 Å². The summed E-state index contributed by atoms with van der Waals surface area (Å²) in [6.07, 6.45) is -2.64. The highest BCUT2D eigenvalue weighted by Crippen LogP contribution is 2.31. The Morgan fingerprint density at radius 3 is 2.39 bits per heavy atom. The molecule has 0 unspecified atom stereocenters. The quantitative estimate of drug-likeness (QED) is 0.660. The van der Waals surface area contributed by atoms with Gasteiger partial charge in [0.15, 0.2) is 11.6 Å². The van der Waals surface area contributed by atoms with E-state index in [4.69, 9.17) is 5.73 Å². The maximum atomic E-state index is 13.2. The van der Waals surface area contributed by atoms with Crippen molar-refractivity contribution in [1.82, 2.24) is 0 Å². The second-order valence-corrected chi connectivity index (χ2v) is 3.49. The van der Waals surface area contributed by atoms with Crippen molar-refractivity contribution in [1.29, 1.82) is 0 Å². The SMILES string of the molecule is CN(CC(F)F)c1cc(OC(F)F)c(F)cc1N. The van der Waals surface area contributed by atoms with Crippen LogP contribution in [-0.4, -0.2) is 26.6 Å². The molecule has 0 aliphatic carbocycles. The highest BCUT2D eigenvalue weighted by molar-refractivity contribution is 5.69. The van der Waals surface area contributed by atoms with Gasteiger partial charge in [-0.05, 0) is 0 Å². The largest absolute Gasteiger partial charge is 0.432 e. The number of ether oxygens (including phenoxy) is 1. The summed E-state index contributed by atoms with van der Waals surface area (Å²) in [5.74, 6) is -1.82. The summed E-state index contributed by atoms with van der Waals surface area (Å²) in [7, 11) is 1.28. The van der Waals surface area contributed by atoms with E-state index >= 15 is 0 Å². The normalized spacial score (nSPS) is 11.1. The zero-order valence-corrected chi connectivity index (χ0v) is 9.34. The molecule has 0 amide bonds. The van der Waals surface area contributed by atoms with Crippen molar-refractivity contribution in [3.05, 3.63) is 17.9 Å². The van der Waals surface area contributed by atoms with Crippen LogP contribution in [0.2, 0.25) is 0 Å². The fourth-order valence-electron chi connectivity index (χ4n) is 1.38. The molecule has 0 aliphatic rings. The minimum Gasteiger partial charge on any atom is -0.432 e. The van der Waals surface area contributed by atoms with Gasteiger partial charge in [0, 0.05) is 19.2 Å². The predicted molar refractivity (Wildman–Crippen MR) is 56.7 cm³/mol. The summed E-state index contributed by atoms with van der Waals surface area (Å²) in [6.45, 7) is -3.87. The number of benzene rings is 1. The van der Waals surface area contributed by atoms with E-state index in [0.717, 1.165) is 17.0 Å². The van der Waals surface area contributed by atoms with Gasteiger partial charge in [0.25, 0.3) is 6.43 Å². The summed E-state index contributed by atoms with van der Waals surface area (Å²) in [5.41, 5.74) is 5.28. The fourth-order valence-corrected chi connectivity index (χ4v) is 1.38. The molecule has 0 saturated carbocycles. The van der Waals surface area contributed by atoms with E-state index < -0.39 is 31.1 Å². The molecule has 0 aromatic heterocycles. The molecule has 0 atom stereocenters. The molecule has 1 aromatic carbocycles. The Kier molecular flexibility index (Phi) is 4.57. The average molecular weight is 270 g/mol. The highest BCUT2D eigenvalue weighted by atomic mass is 19.3. The first-order valence-corrected chi connectivity index (χ1v) is 4.84. The third-order valence-corrected chi connectivity index (χ3v) is 2.12. The fraction of sp³-hybridized carbons (Fsp3) is 0.400. The lowest BCUT2D eigenvalue weighted by Gasteiger charge is -2.21. The molecule has 0 heterocycles. The zero-order chi connectivity index (χ0) is 13.9. The van der Waals surface area contributed by atoms with Crippen molar-refractivity contribution in [2.45, 2.75) is 13.0 Å². The Morgan fingerprint density at radius 2 is 1.89 bits per heavy atom. The number of hydrogen-bond acceptors (Lipinski definition) is 3. The van der Waals surface area contributed by atoms with Crippen molar-refractivity contribution < 1.29 is 26.7 Å².